The molecule has 0 saturated carbocycles. The van der Waals surface area contributed by atoms with Crippen LogP contribution in [-0.4, -0.2) is 19.5 Å². The number of nitriles is 1. The second kappa shape index (κ2) is 8.69. The van der Waals surface area contributed by atoms with E-state index in [1.54, 1.807) is 0 Å². The van der Waals surface area contributed by atoms with E-state index < -0.39 is 0 Å². The van der Waals surface area contributed by atoms with Gasteiger partial charge in [-0.05, 0) is 69.2 Å². The molecule has 0 bridgehead atoms. The predicted molar refractivity (Wildman–Crippen MR) is 149 cm³/mol. The lowest BCUT2D eigenvalue weighted by Gasteiger charge is -2.12. The van der Waals surface area contributed by atoms with Crippen LogP contribution in [0.4, 0.5) is 0 Å². The normalized spacial score (nSPS) is 11.2. The summed E-state index contributed by atoms with van der Waals surface area (Å²) in [4.78, 5) is 13.2. The summed E-state index contributed by atoms with van der Waals surface area (Å²) in [6, 6.07) is 30.0. The number of aromatic nitrogens is 4. The van der Waals surface area contributed by atoms with E-state index >= 15 is 0 Å². The summed E-state index contributed by atoms with van der Waals surface area (Å²) in [7, 11) is 0. The molecule has 2 heterocycles. The molecule has 0 N–H and O–H groups in total. The van der Waals surface area contributed by atoms with Gasteiger partial charge in [0.1, 0.15) is 11.6 Å². The first-order valence-electron chi connectivity index (χ1n) is 12.3. The molecule has 4 aromatic carbocycles. The molecule has 0 unspecified atom stereocenters. The summed E-state index contributed by atoms with van der Waals surface area (Å²) >= 11 is 0. The van der Waals surface area contributed by atoms with Crippen LogP contribution in [0.15, 0.2) is 78.9 Å². The van der Waals surface area contributed by atoms with Crippen molar-refractivity contribution in [2.75, 3.05) is 0 Å². The molecule has 37 heavy (non-hydrogen) atoms. The SMILES string of the molecule is Cc1cc(C)cc(-c2ccc3c4ccccc4n(-c4ccc(-c5nc(C)nc(C)n5)c(C#N)c4)c3c2)c1. The Morgan fingerprint density at radius 2 is 1.35 bits per heavy atom. The number of aryl methyl sites for hydroxylation is 4. The maximum Gasteiger partial charge on any atom is 0.164 e. The maximum atomic E-state index is 10.1. The van der Waals surface area contributed by atoms with Gasteiger partial charge in [-0.1, -0.05) is 59.7 Å². The van der Waals surface area contributed by atoms with E-state index in [0.29, 0.717) is 28.6 Å². The standard InChI is InChI=1S/C32H25N5/c1-19-13-20(2)15-24(14-19)23-9-11-29-28-7-5-6-8-30(28)37(31(29)17-23)26-10-12-27(25(16-26)18-33)32-35-21(3)34-22(4)36-32/h5-17H,1-4H3. The monoisotopic (exact) mass is 479 g/mol. The third-order valence-corrected chi connectivity index (χ3v) is 6.71. The minimum atomic E-state index is 0.521. The van der Waals surface area contributed by atoms with E-state index in [4.69, 9.17) is 0 Å². The van der Waals surface area contributed by atoms with E-state index in [1.165, 1.54) is 27.5 Å². The maximum absolute atomic E-state index is 10.1. The molecular formula is C32H25N5. The van der Waals surface area contributed by atoms with Crippen molar-refractivity contribution in [3.63, 3.8) is 0 Å². The molecule has 0 saturated heterocycles. The fraction of sp³-hybridized carbons (Fsp3) is 0.125. The van der Waals surface area contributed by atoms with Gasteiger partial charge in [-0.2, -0.15) is 5.26 Å². The van der Waals surface area contributed by atoms with Crippen molar-refractivity contribution in [1.82, 2.24) is 19.5 Å². The van der Waals surface area contributed by atoms with Crippen molar-refractivity contribution >= 4 is 21.8 Å². The summed E-state index contributed by atoms with van der Waals surface area (Å²) in [5.41, 5.74) is 9.20. The van der Waals surface area contributed by atoms with Gasteiger partial charge in [0.15, 0.2) is 5.82 Å². The lowest BCUT2D eigenvalue weighted by molar-refractivity contribution is 0.928. The molecule has 178 valence electrons. The third kappa shape index (κ3) is 3.93. The number of hydrogen-bond acceptors (Lipinski definition) is 4. The molecule has 6 rings (SSSR count). The number of rotatable bonds is 3. The Kier molecular flexibility index (Phi) is 5.31. The first-order chi connectivity index (χ1) is 17.9. The van der Waals surface area contributed by atoms with Gasteiger partial charge in [-0.3, -0.25) is 0 Å². The van der Waals surface area contributed by atoms with Crippen molar-refractivity contribution in [3.8, 4) is 34.3 Å². The first kappa shape index (κ1) is 22.6. The van der Waals surface area contributed by atoms with Gasteiger partial charge in [0.05, 0.1) is 22.7 Å². The van der Waals surface area contributed by atoms with E-state index in [-0.39, 0.29) is 0 Å². The second-order valence-electron chi connectivity index (χ2n) is 9.56. The van der Waals surface area contributed by atoms with E-state index in [2.05, 4.69) is 100 Å². The smallest absolute Gasteiger partial charge is 0.164 e. The molecule has 5 heteroatoms. The van der Waals surface area contributed by atoms with E-state index in [9.17, 15) is 5.26 Å². The van der Waals surface area contributed by atoms with Crippen LogP contribution < -0.4 is 0 Å². The Balaban J connectivity index is 1.60. The Morgan fingerprint density at radius 1 is 0.649 bits per heavy atom. The van der Waals surface area contributed by atoms with Gasteiger partial charge < -0.3 is 4.57 Å². The van der Waals surface area contributed by atoms with Crippen molar-refractivity contribution in [3.05, 3.63) is 107 Å². The highest BCUT2D eigenvalue weighted by Gasteiger charge is 2.16. The van der Waals surface area contributed by atoms with Gasteiger partial charge in [0.25, 0.3) is 0 Å². The Labute approximate surface area is 215 Å². The molecule has 0 atom stereocenters. The average molecular weight is 480 g/mol. The predicted octanol–water partition coefficient (Wildman–Crippen LogP) is 7.41. The zero-order valence-electron chi connectivity index (χ0n) is 21.2. The van der Waals surface area contributed by atoms with Crippen molar-refractivity contribution in [2.45, 2.75) is 27.7 Å². The Bertz CT molecular complexity index is 1850. The largest absolute Gasteiger partial charge is 0.309 e. The van der Waals surface area contributed by atoms with Crippen molar-refractivity contribution in [1.29, 1.82) is 5.26 Å². The molecule has 0 aliphatic heterocycles. The molecule has 0 radical (unpaired) electrons. The molecule has 5 nitrogen and oxygen atoms in total. The van der Waals surface area contributed by atoms with Crippen LogP contribution in [0.2, 0.25) is 0 Å². The minimum absolute atomic E-state index is 0.521. The lowest BCUT2D eigenvalue weighted by atomic mass is 9.99. The number of hydrogen-bond donors (Lipinski definition) is 0. The van der Waals surface area contributed by atoms with Crippen molar-refractivity contribution in [2.24, 2.45) is 0 Å². The summed E-state index contributed by atoms with van der Waals surface area (Å²) in [5.74, 6) is 1.79. The topological polar surface area (TPSA) is 67.4 Å². The number of para-hydroxylation sites is 1. The second-order valence-corrected chi connectivity index (χ2v) is 9.56. The van der Waals surface area contributed by atoms with E-state index in [0.717, 1.165) is 22.3 Å². The highest BCUT2D eigenvalue weighted by atomic mass is 15.0. The van der Waals surface area contributed by atoms with Crippen LogP contribution in [0.25, 0.3) is 50.0 Å². The zero-order valence-corrected chi connectivity index (χ0v) is 21.2. The quantitative estimate of drug-likeness (QED) is 0.265. The van der Waals surface area contributed by atoms with Crippen LogP contribution in [0.5, 0.6) is 0 Å². The van der Waals surface area contributed by atoms with Gasteiger partial charge in [0.2, 0.25) is 0 Å². The molecule has 6 aromatic rings. The van der Waals surface area contributed by atoms with Gasteiger partial charge in [0, 0.05) is 22.0 Å². The summed E-state index contributed by atoms with van der Waals surface area (Å²) in [6.45, 7) is 7.94. The van der Waals surface area contributed by atoms with Gasteiger partial charge in [-0.25, -0.2) is 15.0 Å². The molecular weight excluding hydrogens is 454 g/mol. The number of benzene rings is 4. The Hall–Kier alpha value is -4.82. The lowest BCUT2D eigenvalue weighted by Crippen LogP contribution is -2.01. The molecule has 0 fully saturated rings. The van der Waals surface area contributed by atoms with Crippen molar-refractivity contribution < 1.29 is 0 Å². The first-order valence-corrected chi connectivity index (χ1v) is 12.3. The fourth-order valence-electron chi connectivity index (χ4n) is 5.26. The summed E-state index contributed by atoms with van der Waals surface area (Å²) < 4.78 is 2.24. The van der Waals surface area contributed by atoms with Crippen LogP contribution in [0.3, 0.4) is 0 Å². The number of nitrogens with zero attached hydrogens (tertiary/aromatic N) is 5. The number of fused-ring (bicyclic) bond motifs is 3. The highest BCUT2D eigenvalue weighted by Crippen LogP contribution is 2.36. The van der Waals surface area contributed by atoms with Gasteiger partial charge >= 0.3 is 0 Å². The third-order valence-electron chi connectivity index (χ3n) is 6.71. The van der Waals surface area contributed by atoms with Crippen LogP contribution in [-0.2, 0) is 0 Å². The molecule has 0 spiro atoms. The summed E-state index contributed by atoms with van der Waals surface area (Å²) in [6.07, 6.45) is 0. The van der Waals surface area contributed by atoms with Gasteiger partial charge in [-0.15, -0.1) is 0 Å². The Morgan fingerprint density at radius 3 is 2.08 bits per heavy atom. The van der Waals surface area contributed by atoms with Crippen LogP contribution in [0, 0.1) is 39.0 Å². The molecule has 0 aliphatic carbocycles. The van der Waals surface area contributed by atoms with E-state index in [1.807, 2.05) is 32.0 Å². The molecule has 2 aromatic heterocycles. The van der Waals surface area contributed by atoms with Crippen LogP contribution >= 0.6 is 0 Å². The van der Waals surface area contributed by atoms with Crippen LogP contribution in [0.1, 0.15) is 28.3 Å². The molecule has 0 amide bonds. The molecule has 0 aliphatic rings. The average Bonchev–Trinajstić information content (AvgIpc) is 3.21. The fourth-order valence-corrected chi connectivity index (χ4v) is 5.26. The minimum Gasteiger partial charge on any atom is -0.309 e. The highest BCUT2D eigenvalue weighted by molar-refractivity contribution is 6.10. The zero-order chi connectivity index (χ0) is 25.7. The summed E-state index contributed by atoms with van der Waals surface area (Å²) in [5, 5.41) is 12.4.